The van der Waals surface area contributed by atoms with Crippen LogP contribution in [0.2, 0.25) is 0 Å². The third kappa shape index (κ3) is 3.96. The van der Waals surface area contributed by atoms with Crippen molar-refractivity contribution in [3.8, 4) is 0 Å². The first-order chi connectivity index (χ1) is 10.3. The molecule has 0 aliphatic heterocycles. The zero-order valence-corrected chi connectivity index (χ0v) is 14.6. The summed E-state index contributed by atoms with van der Waals surface area (Å²) in [4.78, 5) is 13.5. The smallest absolute Gasteiger partial charge is 0.238 e. The molecule has 0 bridgehead atoms. The first kappa shape index (κ1) is 16.7. The Kier molecular flexibility index (Phi) is 5.03. The number of carbonyl (C=O) groups excluding carboxylic acids is 1. The van der Waals surface area contributed by atoms with E-state index < -0.39 is 0 Å². The van der Waals surface area contributed by atoms with Gasteiger partial charge < -0.3 is 10.6 Å². The minimum absolute atomic E-state index is 0.0343. The zero-order valence-electron chi connectivity index (χ0n) is 13.8. The van der Waals surface area contributed by atoms with E-state index in [-0.39, 0.29) is 23.9 Å². The van der Waals surface area contributed by atoms with Crippen LogP contribution in [0.4, 0.5) is 5.69 Å². The first-order valence-corrected chi connectivity index (χ1v) is 8.25. The van der Waals surface area contributed by atoms with E-state index in [1.54, 1.807) is 11.3 Å². The maximum absolute atomic E-state index is 12.2. The van der Waals surface area contributed by atoms with Gasteiger partial charge in [-0.1, -0.05) is 26.8 Å². The molecule has 0 fully saturated rings. The van der Waals surface area contributed by atoms with Crippen molar-refractivity contribution in [3.05, 3.63) is 33.8 Å². The number of aryl methyl sites for hydroxylation is 2. The van der Waals surface area contributed by atoms with Crippen LogP contribution in [0.25, 0.3) is 0 Å². The molecular weight excluding hydrogens is 296 g/mol. The molecular formula is C16H24N4OS. The quantitative estimate of drug-likeness (QED) is 0.791. The Morgan fingerprint density at radius 2 is 2.14 bits per heavy atom. The largest absolute Gasteiger partial charge is 0.322 e. The molecule has 22 heavy (non-hydrogen) atoms. The second kappa shape index (κ2) is 6.62. The summed E-state index contributed by atoms with van der Waals surface area (Å²) in [6, 6.07) is 4.29. The molecule has 0 spiro atoms. The number of hydrogen-bond acceptors (Lipinski definition) is 4. The summed E-state index contributed by atoms with van der Waals surface area (Å²) >= 11 is 1.71. The topological polar surface area (TPSA) is 69.8 Å². The molecule has 0 aromatic carbocycles. The molecule has 3 N–H and O–H groups in total. The normalized spacial score (nSPS) is 13.1. The summed E-state index contributed by atoms with van der Waals surface area (Å²) in [6.07, 6.45) is 0. The predicted octanol–water partition coefficient (Wildman–Crippen LogP) is 3.40. The number of carbonyl (C=O) groups is 1. The van der Waals surface area contributed by atoms with Crippen molar-refractivity contribution in [2.45, 2.75) is 40.7 Å². The Balaban J connectivity index is 1.99. The van der Waals surface area contributed by atoms with E-state index in [2.05, 4.69) is 53.0 Å². The van der Waals surface area contributed by atoms with Crippen molar-refractivity contribution in [2.75, 3.05) is 11.9 Å². The lowest BCUT2D eigenvalue weighted by molar-refractivity contribution is -0.115. The van der Waals surface area contributed by atoms with E-state index in [0.29, 0.717) is 0 Å². The second-order valence-electron chi connectivity index (χ2n) is 6.55. The average Bonchev–Trinajstić information content (AvgIpc) is 3.03. The predicted molar refractivity (Wildman–Crippen MR) is 91.2 cm³/mol. The van der Waals surface area contributed by atoms with Gasteiger partial charge in [-0.05, 0) is 30.7 Å². The van der Waals surface area contributed by atoms with Crippen LogP contribution in [0.3, 0.4) is 0 Å². The van der Waals surface area contributed by atoms with Gasteiger partial charge in [0.25, 0.3) is 0 Å². The van der Waals surface area contributed by atoms with Gasteiger partial charge in [-0.25, -0.2) is 0 Å². The minimum atomic E-state index is -0.0570. The molecule has 2 rings (SSSR count). The molecule has 0 radical (unpaired) electrons. The molecule has 1 atom stereocenters. The fraction of sp³-hybridized carbons (Fsp3) is 0.500. The molecule has 2 aromatic heterocycles. The number of amides is 1. The van der Waals surface area contributed by atoms with Gasteiger partial charge in [0.1, 0.15) is 0 Å². The van der Waals surface area contributed by atoms with E-state index in [9.17, 15) is 4.79 Å². The van der Waals surface area contributed by atoms with Crippen molar-refractivity contribution in [1.82, 2.24) is 15.5 Å². The van der Waals surface area contributed by atoms with Crippen molar-refractivity contribution in [1.29, 1.82) is 0 Å². The summed E-state index contributed by atoms with van der Waals surface area (Å²) < 4.78 is 0. The van der Waals surface area contributed by atoms with Crippen LogP contribution < -0.4 is 10.6 Å². The molecule has 0 saturated carbocycles. The van der Waals surface area contributed by atoms with Gasteiger partial charge in [-0.2, -0.15) is 5.10 Å². The number of aromatic nitrogens is 2. The van der Waals surface area contributed by atoms with Gasteiger partial charge >= 0.3 is 0 Å². The maximum atomic E-state index is 12.2. The van der Waals surface area contributed by atoms with Gasteiger partial charge in [0, 0.05) is 10.9 Å². The van der Waals surface area contributed by atoms with Gasteiger partial charge in [-0.15, -0.1) is 11.3 Å². The molecule has 0 aliphatic carbocycles. The SMILES string of the molecule is Cc1n[nH]c(C)c1NC(=O)CN[C@H](c1cccs1)C(C)(C)C. The fourth-order valence-electron chi connectivity index (χ4n) is 2.40. The number of anilines is 1. The summed E-state index contributed by atoms with van der Waals surface area (Å²) in [5.74, 6) is -0.0570. The van der Waals surface area contributed by atoms with Crippen molar-refractivity contribution in [3.63, 3.8) is 0 Å². The first-order valence-electron chi connectivity index (χ1n) is 7.37. The molecule has 0 saturated heterocycles. The highest BCUT2D eigenvalue weighted by atomic mass is 32.1. The van der Waals surface area contributed by atoms with Crippen molar-refractivity contribution >= 4 is 22.9 Å². The van der Waals surface area contributed by atoms with E-state index >= 15 is 0 Å². The van der Waals surface area contributed by atoms with Crippen LogP contribution in [0.5, 0.6) is 0 Å². The van der Waals surface area contributed by atoms with Crippen molar-refractivity contribution < 1.29 is 4.79 Å². The van der Waals surface area contributed by atoms with Gasteiger partial charge in [-0.3, -0.25) is 9.89 Å². The van der Waals surface area contributed by atoms with Crippen LogP contribution in [0.15, 0.2) is 17.5 Å². The molecule has 6 heteroatoms. The number of rotatable bonds is 5. The van der Waals surface area contributed by atoms with E-state index in [0.717, 1.165) is 17.1 Å². The Bertz CT molecular complexity index is 606. The monoisotopic (exact) mass is 320 g/mol. The van der Waals surface area contributed by atoms with Crippen molar-refractivity contribution in [2.24, 2.45) is 5.41 Å². The molecule has 2 heterocycles. The fourth-order valence-corrected chi connectivity index (χ4v) is 3.45. The maximum Gasteiger partial charge on any atom is 0.238 e. The zero-order chi connectivity index (χ0) is 16.3. The Morgan fingerprint density at radius 1 is 1.41 bits per heavy atom. The van der Waals surface area contributed by atoms with E-state index in [1.807, 2.05) is 19.9 Å². The summed E-state index contributed by atoms with van der Waals surface area (Å²) in [5.41, 5.74) is 2.48. The third-order valence-electron chi connectivity index (χ3n) is 3.55. The van der Waals surface area contributed by atoms with Crippen LogP contribution in [0, 0.1) is 19.3 Å². The molecule has 1 amide bonds. The summed E-state index contributed by atoms with van der Waals surface area (Å²) in [5, 5.41) is 15.3. The number of nitrogens with zero attached hydrogens (tertiary/aromatic N) is 1. The number of hydrogen-bond donors (Lipinski definition) is 3. The van der Waals surface area contributed by atoms with Gasteiger partial charge in [0.05, 0.1) is 23.6 Å². The summed E-state index contributed by atoms with van der Waals surface area (Å²) in [6.45, 7) is 10.6. The highest BCUT2D eigenvalue weighted by Crippen LogP contribution is 2.34. The lowest BCUT2D eigenvalue weighted by Gasteiger charge is -2.30. The Morgan fingerprint density at radius 3 is 2.64 bits per heavy atom. The summed E-state index contributed by atoms with van der Waals surface area (Å²) in [7, 11) is 0. The van der Waals surface area contributed by atoms with E-state index in [4.69, 9.17) is 0 Å². The Labute approximate surface area is 135 Å². The number of thiophene rings is 1. The van der Waals surface area contributed by atoms with E-state index in [1.165, 1.54) is 4.88 Å². The molecule has 5 nitrogen and oxygen atoms in total. The van der Waals surface area contributed by atoms with Gasteiger partial charge in [0.2, 0.25) is 5.91 Å². The number of aromatic amines is 1. The standard InChI is InChI=1S/C16H24N4OS/c1-10-14(11(2)20-19-10)18-13(21)9-17-15(16(3,4)5)12-7-6-8-22-12/h6-8,15,17H,9H2,1-5H3,(H,18,21)(H,19,20)/t15-/m1/s1. The van der Waals surface area contributed by atoms with Crippen LogP contribution in [-0.4, -0.2) is 22.6 Å². The molecule has 120 valence electrons. The van der Waals surface area contributed by atoms with Crippen LogP contribution in [0.1, 0.15) is 43.1 Å². The highest BCUT2D eigenvalue weighted by molar-refractivity contribution is 7.10. The van der Waals surface area contributed by atoms with Crippen LogP contribution in [-0.2, 0) is 4.79 Å². The highest BCUT2D eigenvalue weighted by Gasteiger charge is 2.27. The Hall–Kier alpha value is -1.66. The molecule has 0 unspecified atom stereocenters. The average molecular weight is 320 g/mol. The number of H-pyrrole nitrogens is 1. The lowest BCUT2D eigenvalue weighted by Crippen LogP contribution is -2.37. The van der Waals surface area contributed by atoms with Gasteiger partial charge in [0.15, 0.2) is 0 Å². The number of nitrogens with one attached hydrogen (secondary N) is 3. The third-order valence-corrected chi connectivity index (χ3v) is 4.49. The molecule has 2 aromatic rings. The second-order valence-corrected chi connectivity index (χ2v) is 7.53. The lowest BCUT2D eigenvalue weighted by atomic mass is 9.86. The van der Waals surface area contributed by atoms with Crippen LogP contribution >= 0.6 is 11.3 Å². The minimum Gasteiger partial charge on any atom is -0.322 e. The molecule has 0 aliphatic rings.